The Labute approximate surface area is 141 Å². The number of piperidine rings is 1. The number of nitrogens with zero attached hydrogens (tertiary/aromatic N) is 2. The summed E-state index contributed by atoms with van der Waals surface area (Å²) in [6.45, 7) is 3.15. The van der Waals surface area contributed by atoms with Gasteiger partial charge in [0.2, 0.25) is 0 Å². The molecule has 1 aliphatic heterocycles. The molecule has 0 amide bonds. The van der Waals surface area contributed by atoms with Crippen molar-refractivity contribution in [1.82, 2.24) is 15.3 Å². The molecule has 24 heavy (non-hydrogen) atoms. The molecule has 0 spiro atoms. The quantitative estimate of drug-likeness (QED) is 0.844. The summed E-state index contributed by atoms with van der Waals surface area (Å²) in [7, 11) is 1.71. The van der Waals surface area contributed by atoms with Crippen LogP contribution in [0.1, 0.15) is 24.0 Å². The highest BCUT2D eigenvalue weighted by molar-refractivity contribution is 5.36. The fraction of sp³-hybridized carbons (Fsp3) is 0.444. The van der Waals surface area contributed by atoms with Crippen molar-refractivity contribution in [3.8, 4) is 0 Å². The average molecular weight is 328 g/mol. The molecule has 2 heterocycles. The molecule has 0 aliphatic carbocycles. The third-order valence-corrected chi connectivity index (χ3v) is 4.34. The third kappa shape index (κ3) is 4.21. The lowest BCUT2D eigenvalue weighted by molar-refractivity contribution is 0.185. The molecule has 0 saturated carbocycles. The van der Waals surface area contributed by atoms with E-state index in [1.165, 1.54) is 11.1 Å². The van der Waals surface area contributed by atoms with Crippen LogP contribution in [0.2, 0.25) is 0 Å². The van der Waals surface area contributed by atoms with Gasteiger partial charge in [0.05, 0.1) is 6.61 Å². The van der Waals surface area contributed by atoms with E-state index in [0.29, 0.717) is 18.5 Å². The Kier molecular flexibility index (Phi) is 5.61. The monoisotopic (exact) mass is 328 g/mol. The van der Waals surface area contributed by atoms with Crippen molar-refractivity contribution in [3.05, 3.63) is 58.1 Å². The van der Waals surface area contributed by atoms with Gasteiger partial charge in [0, 0.05) is 45.2 Å². The number of hydrogen-bond acceptors (Lipinski definition) is 5. The Morgan fingerprint density at radius 1 is 1.33 bits per heavy atom. The van der Waals surface area contributed by atoms with Crippen molar-refractivity contribution in [1.29, 1.82) is 0 Å². The second-order valence-corrected chi connectivity index (χ2v) is 6.16. The van der Waals surface area contributed by atoms with Crippen molar-refractivity contribution >= 4 is 5.82 Å². The number of anilines is 1. The number of H-pyrrole nitrogens is 1. The lowest BCUT2D eigenvalue weighted by atomic mass is 10.0. The van der Waals surface area contributed by atoms with Gasteiger partial charge in [-0.1, -0.05) is 24.3 Å². The molecule has 3 rings (SSSR count). The highest BCUT2D eigenvalue weighted by Crippen LogP contribution is 2.15. The molecule has 0 unspecified atom stereocenters. The molecule has 1 aromatic carbocycles. The van der Waals surface area contributed by atoms with Crippen LogP contribution in [0.3, 0.4) is 0 Å². The van der Waals surface area contributed by atoms with Crippen LogP contribution in [0, 0.1) is 0 Å². The summed E-state index contributed by atoms with van der Waals surface area (Å²) in [4.78, 5) is 20.9. The highest BCUT2D eigenvalue weighted by Gasteiger charge is 2.22. The molecule has 2 aromatic rings. The molecule has 1 aromatic heterocycles. The predicted molar refractivity (Wildman–Crippen MR) is 94.1 cm³/mol. The summed E-state index contributed by atoms with van der Waals surface area (Å²) in [6.07, 6.45) is 5.37. The van der Waals surface area contributed by atoms with E-state index < -0.39 is 0 Å². The Morgan fingerprint density at radius 2 is 2.12 bits per heavy atom. The molecule has 1 saturated heterocycles. The van der Waals surface area contributed by atoms with E-state index in [2.05, 4.69) is 44.5 Å². The van der Waals surface area contributed by atoms with Crippen molar-refractivity contribution in [3.63, 3.8) is 0 Å². The van der Waals surface area contributed by atoms with Crippen LogP contribution in [0.25, 0.3) is 0 Å². The molecule has 0 radical (unpaired) electrons. The number of nitrogens with one attached hydrogen (secondary N) is 2. The van der Waals surface area contributed by atoms with Gasteiger partial charge in [-0.05, 0) is 24.0 Å². The standard InChI is InChI=1S/C18H24N4O2/c1-24-13-15-6-4-14(5-7-15)11-21-16-3-2-10-22(12-16)17-18(23)20-9-8-19-17/h4-9,16,21H,2-3,10-13H2,1H3,(H,20,23)/t16-/m0/s1. The first-order valence-electron chi connectivity index (χ1n) is 8.35. The zero-order valence-electron chi connectivity index (χ0n) is 14.0. The third-order valence-electron chi connectivity index (χ3n) is 4.34. The molecule has 6 nitrogen and oxygen atoms in total. The lowest BCUT2D eigenvalue weighted by Crippen LogP contribution is -2.47. The number of ether oxygens (including phenoxy) is 1. The number of aromatic nitrogens is 2. The van der Waals surface area contributed by atoms with E-state index >= 15 is 0 Å². The van der Waals surface area contributed by atoms with Crippen LogP contribution >= 0.6 is 0 Å². The fourth-order valence-corrected chi connectivity index (χ4v) is 3.09. The van der Waals surface area contributed by atoms with Gasteiger partial charge < -0.3 is 19.9 Å². The molecule has 128 valence electrons. The molecular formula is C18H24N4O2. The Bertz CT molecular complexity index is 699. The summed E-state index contributed by atoms with van der Waals surface area (Å²) in [5, 5.41) is 3.60. The van der Waals surface area contributed by atoms with Gasteiger partial charge in [-0.2, -0.15) is 0 Å². The SMILES string of the molecule is COCc1ccc(CN[C@H]2CCCN(c3ncc[nH]c3=O)C2)cc1. The van der Waals surface area contributed by atoms with Crippen LogP contribution < -0.4 is 15.8 Å². The summed E-state index contributed by atoms with van der Waals surface area (Å²) < 4.78 is 5.13. The molecule has 2 N–H and O–H groups in total. The maximum atomic E-state index is 11.9. The van der Waals surface area contributed by atoms with Gasteiger partial charge in [0.1, 0.15) is 0 Å². The molecule has 1 aliphatic rings. The van der Waals surface area contributed by atoms with E-state index in [0.717, 1.165) is 32.5 Å². The van der Waals surface area contributed by atoms with Gasteiger partial charge >= 0.3 is 0 Å². The van der Waals surface area contributed by atoms with Gasteiger partial charge in [-0.3, -0.25) is 4.79 Å². The summed E-state index contributed by atoms with van der Waals surface area (Å²) in [6, 6.07) is 8.82. The van der Waals surface area contributed by atoms with E-state index in [1.54, 1.807) is 19.5 Å². The first-order valence-corrected chi connectivity index (χ1v) is 8.35. The number of benzene rings is 1. The first kappa shape index (κ1) is 16.7. The van der Waals surface area contributed by atoms with Crippen LogP contribution in [0.4, 0.5) is 5.82 Å². The van der Waals surface area contributed by atoms with E-state index in [-0.39, 0.29) is 5.56 Å². The molecule has 0 bridgehead atoms. The first-order chi connectivity index (χ1) is 11.8. The summed E-state index contributed by atoms with van der Waals surface area (Å²) >= 11 is 0. The number of hydrogen-bond donors (Lipinski definition) is 2. The van der Waals surface area contributed by atoms with Crippen molar-refractivity contribution in [2.45, 2.75) is 32.0 Å². The molecule has 1 atom stereocenters. The second-order valence-electron chi connectivity index (χ2n) is 6.16. The number of aromatic amines is 1. The minimum atomic E-state index is -0.119. The number of methoxy groups -OCH3 is 1. The van der Waals surface area contributed by atoms with Crippen LogP contribution in [-0.2, 0) is 17.9 Å². The Hall–Kier alpha value is -2.18. The zero-order valence-corrected chi connectivity index (χ0v) is 14.0. The lowest BCUT2D eigenvalue weighted by Gasteiger charge is -2.33. The van der Waals surface area contributed by atoms with E-state index in [9.17, 15) is 4.79 Å². The zero-order chi connectivity index (χ0) is 16.8. The maximum absolute atomic E-state index is 11.9. The molecular weight excluding hydrogens is 304 g/mol. The Morgan fingerprint density at radius 3 is 2.88 bits per heavy atom. The molecule has 1 fully saturated rings. The van der Waals surface area contributed by atoms with Crippen molar-refractivity contribution < 1.29 is 4.74 Å². The van der Waals surface area contributed by atoms with Gasteiger partial charge in [-0.15, -0.1) is 0 Å². The summed E-state index contributed by atoms with van der Waals surface area (Å²) in [5.41, 5.74) is 2.31. The van der Waals surface area contributed by atoms with Crippen LogP contribution in [0.5, 0.6) is 0 Å². The predicted octanol–water partition coefficient (Wildman–Crippen LogP) is 1.67. The minimum Gasteiger partial charge on any atom is -0.380 e. The van der Waals surface area contributed by atoms with Gasteiger partial charge in [0.15, 0.2) is 5.82 Å². The topological polar surface area (TPSA) is 70.2 Å². The smallest absolute Gasteiger partial charge is 0.290 e. The van der Waals surface area contributed by atoms with Gasteiger partial charge in [0.25, 0.3) is 5.56 Å². The van der Waals surface area contributed by atoms with Crippen LogP contribution in [-0.4, -0.2) is 36.2 Å². The fourth-order valence-electron chi connectivity index (χ4n) is 3.09. The Balaban J connectivity index is 1.56. The highest BCUT2D eigenvalue weighted by atomic mass is 16.5. The minimum absolute atomic E-state index is 0.119. The normalized spacial score (nSPS) is 17.9. The van der Waals surface area contributed by atoms with Crippen molar-refractivity contribution in [2.24, 2.45) is 0 Å². The maximum Gasteiger partial charge on any atom is 0.290 e. The second kappa shape index (κ2) is 8.08. The van der Waals surface area contributed by atoms with Crippen molar-refractivity contribution in [2.75, 3.05) is 25.1 Å². The van der Waals surface area contributed by atoms with E-state index in [4.69, 9.17) is 4.74 Å². The van der Waals surface area contributed by atoms with Crippen LogP contribution in [0.15, 0.2) is 41.5 Å². The molecule has 6 heteroatoms. The summed E-state index contributed by atoms with van der Waals surface area (Å²) in [5.74, 6) is 0.521. The van der Waals surface area contributed by atoms with E-state index in [1.807, 2.05) is 0 Å². The average Bonchev–Trinajstić information content (AvgIpc) is 2.62. The largest absolute Gasteiger partial charge is 0.380 e. The van der Waals surface area contributed by atoms with Gasteiger partial charge in [-0.25, -0.2) is 4.98 Å². The number of rotatable bonds is 6.